The zero-order valence-electron chi connectivity index (χ0n) is 8.93. The second-order valence-corrected chi connectivity index (χ2v) is 4.59. The van der Waals surface area contributed by atoms with Crippen LogP contribution in [0.15, 0.2) is 11.8 Å². The van der Waals surface area contributed by atoms with Gasteiger partial charge in [-0.2, -0.15) is 0 Å². The first-order valence-electron chi connectivity index (χ1n) is 5.82. The molecule has 0 spiro atoms. The molecular weight excluding hydrogens is 192 g/mol. The fourth-order valence-electron chi connectivity index (χ4n) is 2.79. The zero-order valence-corrected chi connectivity index (χ0v) is 8.93. The Balaban J connectivity index is 1.71. The first kappa shape index (κ1) is 9.63. The van der Waals surface area contributed by atoms with Crippen molar-refractivity contribution in [2.75, 3.05) is 39.3 Å². The van der Waals surface area contributed by atoms with Crippen molar-refractivity contribution in [3.8, 4) is 0 Å². The summed E-state index contributed by atoms with van der Waals surface area (Å²) in [7, 11) is 0. The van der Waals surface area contributed by atoms with Crippen molar-refractivity contribution in [2.45, 2.75) is 18.6 Å². The number of nitrogens with zero attached hydrogens (tertiary/aromatic N) is 2. The first-order valence-corrected chi connectivity index (χ1v) is 5.82. The zero-order chi connectivity index (χ0) is 10.3. The molecule has 4 heterocycles. The number of hydrogen-bond donors (Lipinski definition) is 1. The standard InChI is InChI=1S/C11H18N2O2/c14-11(10-2-1-7-15-10)9-8-12-3-5-13(9)6-4-12/h2,9,11,14H,1,3-8H2. The fraction of sp³-hybridized carbons (Fsp3) is 0.818. The first-order chi connectivity index (χ1) is 7.34. The number of hydrogen-bond acceptors (Lipinski definition) is 4. The predicted octanol–water partition coefficient (Wildman–Crippen LogP) is -0.349. The summed E-state index contributed by atoms with van der Waals surface area (Å²) in [4.78, 5) is 4.83. The minimum absolute atomic E-state index is 0.247. The molecule has 0 saturated carbocycles. The SMILES string of the molecule is OC(C1=CCCO1)C1CN2CCN1CC2. The smallest absolute Gasteiger partial charge is 0.127 e. The van der Waals surface area contributed by atoms with Gasteiger partial charge in [-0.1, -0.05) is 0 Å². The van der Waals surface area contributed by atoms with Crippen LogP contribution in [0.4, 0.5) is 0 Å². The molecule has 84 valence electrons. The molecule has 0 amide bonds. The second kappa shape index (κ2) is 3.77. The van der Waals surface area contributed by atoms with Crippen LogP contribution in [0.3, 0.4) is 0 Å². The maximum atomic E-state index is 10.2. The average molecular weight is 210 g/mol. The van der Waals surface area contributed by atoms with E-state index in [1.807, 2.05) is 6.08 Å². The number of ether oxygens (including phenoxy) is 1. The molecule has 1 N–H and O–H groups in total. The van der Waals surface area contributed by atoms with Gasteiger partial charge < -0.3 is 9.84 Å². The summed E-state index contributed by atoms with van der Waals surface area (Å²) in [6.07, 6.45) is 2.56. The van der Waals surface area contributed by atoms with E-state index in [4.69, 9.17) is 4.74 Å². The number of aliphatic hydroxyl groups excluding tert-OH is 1. The van der Waals surface area contributed by atoms with Gasteiger partial charge in [-0.05, 0) is 6.08 Å². The Labute approximate surface area is 90.1 Å². The van der Waals surface area contributed by atoms with Gasteiger partial charge in [0.25, 0.3) is 0 Å². The summed E-state index contributed by atoms with van der Waals surface area (Å²) in [6, 6.07) is 0.247. The van der Waals surface area contributed by atoms with Gasteiger partial charge in [0.1, 0.15) is 11.9 Å². The molecule has 0 radical (unpaired) electrons. The number of fused-ring (bicyclic) bond motifs is 3. The lowest BCUT2D eigenvalue weighted by atomic mass is 10.0. The predicted molar refractivity (Wildman–Crippen MR) is 56.5 cm³/mol. The van der Waals surface area contributed by atoms with Gasteiger partial charge in [-0.15, -0.1) is 0 Å². The highest BCUT2D eigenvalue weighted by Crippen LogP contribution is 2.24. The molecular formula is C11H18N2O2. The lowest BCUT2D eigenvalue weighted by Gasteiger charge is -2.48. The molecule has 2 atom stereocenters. The van der Waals surface area contributed by atoms with Gasteiger partial charge >= 0.3 is 0 Å². The van der Waals surface area contributed by atoms with Crippen molar-refractivity contribution in [3.63, 3.8) is 0 Å². The van der Waals surface area contributed by atoms with Crippen molar-refractivity contribution >= 4 is 0 Å². The largest absolute Gasteiger partial charge is 0.495 e. The Morgan fingerprint density at radius 1 is 1.33 bits per heavy atom. The third kappa shape index (κ3) is 1.67. The summed E-state index contributed by atoms with van der Waals surface area (Å²) in [5.41, 5.74) is 0. The lowest BCUT2D eigenvalue weighted by molar-refractivity contribution is -0.0480. The quantitative estimate of drug-likeness (QED) is 0.676. The van der Waals surface area contributed by atoms with Crippen LogP contribution in [-0.4, -0.2) is 66.4 Å². The third-order valence-electron chi connectivity index (χ3n) is 3.71. The molecule has 4 rings (SSSR count). The van der Waals surface area contributed by atoms with Gasteiger partial charge in [0, 0.05) is 39.1 Å². The van der Waals surface area contributed by atoms with Crippen LogP contribution in [0, 0.1) is 0 Å². The normalized spacial score (nSPS) is 41.1. The Hall–Kier alpha value is -0.580. The van der Waals surface area contributed by atoms with Crippen LogP contribution in [0.25, 0.3) is 0 Å². The van der Waals surface area contributed by atoms with Crippen LogP contribution < -0.4 is 0 Å². The second-order valence-electron chi connectivity index (χ2n) is 4.59. The van der Waals surface area contributed by atoms with E-state index in [1.54, 1.807) is 0 Å². The van der Waals surface area contributed by atoms with Crippen molar-refractivity contribution < 1.29 is 9.84 Å². The van der Waals surface area contributed by atoms with Crippen molar-refractivity contribution in [2.24, 2.45) is 0 Å². The molecule has 3 saturated heterocycles. The van der Waals surface area contributed by atoms with Crippen LogP contribution in [0.2, 0.25) is 0 Å². The fourth-order valence-corrected chi connectivity index (χ4v) is 2.79. The van der Waals surface area contributed by atoms with E-state index in [0.717, 1.165) is 51.5 Å². The molecule has 4 aliphatic heterocycles. The van der Waals surface area contributed by atoms with E-state index in [1.165, 1.54) is 0 Å². The highest BCUT2D eigenvalue weighted by atomic mass is 16.5. The van der Waals surface area contributed by atoms with Gasteiger partial charge in [0.15, 0.2) is 0 Å². The Morgan fingerprint density at radius 2 is 2.13 bits per heavy atom. The number of piperazine rings is 3. The summed E-state index contributed by atoms with van der Waals surface area (Å²) in [5.74, 6) is 0.800. The van der Waals surface area contributed by atoms with E-state index in [-0.39, 0.29) is 6.04 Å². The molecule has 2 unspecified atom stereocenters. The number of rotatable bonds is 2. The summed E-state index contributed by atoms with van der Waals surface area (Å²) < 4.78 is 5.44. The van der Waals surface area contributed by atoms with E-state index < -0.39 is 6.10 Å². The molecule has 0 aromatic rings. The third-order valence-corrected chi connectivity index (χ3v) is 3.71. The van der Waals surface area contributed by atoms with Gasteiger partial charge in [-0.25, -0.2) is 0 Å². The summed E-state index contributed by atoms with van der Waals surface area (Å²) in [5, 5.41) is 10.2. The molecule has 4 aliphatic rings. The minimum Gasteiger partial charge on any atom is -0.495 e. The van der Waals surface area contributed by atoms with Gasteiger partial charge in [-0.3, -0.25) is 9.80 Å². The van der Waals surface area contributed by atoms with Crippen LogP contribution in [0.5, 0.6) is 0 Å². The number of aliphatic hydroxyl groups is 1. The molecule has 0 aliphatic carbocycles. The molecule has 4 nitrogen and oxygen atoms in total. The topological polar surface area (TPSA) is 35.9 Å². The lowest BCUT2D eigenvalue weighted by Crippen LogP contribution is -2.64. The average Bonchev–Trinajstić information content (AvgIpc) is 2.83. The van der Waals surface area contributed by atoms with Crippen LogP contribution in [0.1, 0.15) is 6.42 Å². The highest BCUT2D eigenvalue weighted by Gasteiger charge is 2.38. The van der Waals surface area contributed by atoms with Crippen LogP contribution >= 0.6 is 0 Å². The molecule has 0 aromatic carbocycles. The monoisotopic (exact) mass is 210 g/mol. The summed E-state index contributed by atoms with van der Waals surface area (Å²) in [6.45, 7) is 6.22. The van der Waals surface area contributed by atoms with Gasteiger partial charge in [0.05, 0.1) is 12.6 Å². The van der Waals surface area contributed by atoms with Crippen molar-refractivity contribution in [1.29, 1.82) is 0 Å². The molecule has 3 fully saturated rings. The van der Waals surface area contributed by atoms with Crippen molar-refractivity contribution in [1.82, 2.24) is 9.80 Å². The Morgan fingerprint density at radius 3 is 2.67 bits per heavy atom. The highest BCUT2D eigenvalue weighted by molar-refractivity contribution is 5.10. The minimum atomic E-state index is -0.421. The maximum absolute atomic E-state index is 10.2. The molecule has 15 heavy (non-hydrogen) atoms. The van der Waals surface area contributed by atoms with E-state index in [2.05, 4.69) is 9.80 Å². The summed E-state index contributed by atoms with van der Waals surface area (Å²) >= 11 is 0. The van der Waals surface area contributed by atoms with E-state index in [9.17, 15) is 5.11 Å². The Kier molecular flexibility index (Phi) is 2.42. The van der Waals surface area contributed by atoms with Crippen molar-refractivity contribution in [3.05, 3.63) is 11.8 Å². The van der Waals surface area contributed by atoms with Crippen LogP contribution in [-0.2, 0) is 4.74 Å². The van der Waals surface area contributed by atoms with Gasteiger partial charge in [0.2, 0.25) is 0 Å². The molecule has 0 aromatic heterocycles. The Bertz CT molecular complexity index is 272. The van der Waals surface area contributed by atoms with E-state index in [0.29, 0.717) is 0 Å². The molecule has 4 heteroatoms. The molecule has 2 bridgehead atoms. The van der Waals surface area contributed by atoms with E-state index >= 15 is 0 Å². The maximum Gasteiger partial charge on any atom is 0.127 e.